The zero-order valence-corrected chi connectivity index (χ0v) is 17.3. The Balaban J connectivity index is 2.12. The van der Waals surface area contributed by atoms with E-state index in [2.05, 4.69) is 0 Å². The van der Waals surface area contributed by atoms with Gasteiger partial charge in [0.15, 0.2) is 0 Å². The molecule has 0 aliphatic heterocycles. The second-order valence-corrected chi connectivity index (χ2v) is 9.04. The Kier molecular flexibility index (Phi) is 5.80. The molecule has 0 aliphatic rings. The molecule has 6 heteroatoms. The van der Waals surface area contributed by atoms with Crippen LogP contribution in [0.5, 0.6) is 0 Å². The molecular formula is C21H19Cl2NO2S. The van der Waals surface area contributed by atoms with Crippen molar-refractivity contribution in [2.24, 2.45) is 0 Å². The standard InChI is InChI=1S/C21H19Cl2NO2S/c1-15-8-11-21(16(2)12-15)24(14-17-9-10-19(22)20(23)13-17)27(25,26)18-6-4-3-5-7-18/h3-13H,14H2,1-2H3. The van der Waals surface area contributed by atoms with Crippen molar-refractivity contribution in [3.8, 4) is 0 Å². The lowest BCUT2D eigenvalue weighted by Gasteiger charge is -2.26. The van der Waals surface area contributed by atoms with Gasteiger partial charge < -0.3 is 0 Å². The number of benzene rings is 3. The Morgan fingerprint density at radius 2 is 1.56 bits per heavy atom. The summed E-state index contributed by atoms with van der Waals surface area (Å²) >= 11 is 12.1. The van der Waals surface area contributed by atoms with Crippen molar-refractivity contribution in [2.75, 3.05) is 4.31 Å². The summed E-state index contributed by atoms with van der Waals surface area (Å²) in [6.07, 6.45) is 0. The molecule has 27 heavy (non-hydrogen) atoms. The number of nitrogens with zero attached hydrogens (tertiary/aromatic N) is 1. The molecule has 3 rings (SSSR count). The molecule has 140 valence electrons. The Labute approximate surface area is 170 Å². The molecule has 0 saturated carbocycles. The van der Waals surface area contributed by atoms with Crippen molar-refractivity contribution in [3.05, 3.63) is 93.5 Å². The maximum Gasteiger partial charge on any atom is 0.264 e. The molecule has 0 aliphatic carbocycles. The highest BCUT2D eigenvalue weighted by Crippen LogP contribution is 2.31. The Hall–Kier alpha value is -2.01. The van der Waals surface area contributed by atoms with Crippen LogP contribution in [-0.4, -0.2) is 8.42 Å². The zero-order chi connectivity index (χ0) is 19.6. The SMILES string of the molecule is Cc1ccc(N(Cc2ccc(Cl)c(Cl)c2)S(=O)(=O)c2ccccc2)c(C)c1. The third-order valence-corrected chi connectivity index (χ3v) is 6.78. The fourth-order valence-corrected chi connectivity index (χ4v) is 4.77. The molecule has 0 aromatic heterocycles. The number of rotatable bonds is 5. The summed E-state index contributed by atoms with van der Waals surface area (Å²) in [5.41, 5.74) is 3.34. The van der Waals surface area contributed by atoms with E-state index in [-0.39, 0.29) is 11.4 Å². The Morgan fingerprint density at radius 3 is 2.19 bits per heavy atom. The molecule has 0 amide bonds. The molecule has 0 spiro atoms. The highest BCUT2D eigenvalue weighted by Gasteiger charge is 2.26. The number of hydrogen-bond donors (Lipinski definition) is 0. The normalized spacial score (nSPS) is 11.4. The molecule has 0 saturated heterocycles. The summed E-state index contributed by atoms with van der Waals surface area (Å²) in [6, 6.07) is 19.3. The van der Waals surface area contributed by atoms with Gasteiger partial charge in [0, 0.05) is 0 Å². The largest absolute Gasteiger partial charge is 0.264 e. The van der Waals surface area contributed by atoms with Crippen LogP contribution in [0.4, 0.5) is 5.69 Å². The van der Waals surface area contributed by atoms with Crippen LogP contribution in [-0.2, 0) is 16.6 Å². The fourth-order valence-electron chi connectivity index (χ4n) is 2.91. The molecule has 3 nitrogen and oxygen atoms in total. The van der Waals surface area contributed by atoms with Crippen LogP contribution in [0.25, 0.3) is 0 Å². The molecule has 3 aromatic rings. The lowest BCUT2D eigenvalue weighted by atomic mass is 10.1. The minimum atomic E-state index is -3.75. The van der Waals surface area contributed by atoms with Crippen molar-refractivity contribution >= 4 is 38.9 Å². The van der Waals surface area contributed by atoms with Crippen molar-refractivity contribution in [1.29, 1.82) is 0 Å². The van der Waals surface area contributed by atoms with Gasteiger partial charge in [-0.2, -0.15) is 0 Å². The molecule has 0 N–H and O–H groups in total. The summed E-state index contributed by atoms with van der Waals surface area (Å²) in [5, 5.41) is 0.830. The first-order chi connectivity index (χ1) is 12.8. The van der Waals surface area contributed by atoms with Crippen LogP contribution in [0.1, 0.15) is 16.7 Å². The monoisotopic (exact) mass is 419 g/mol. The highest BCUT2D eigenvalue weighted by molar-refractivity contribution is 7.92. The van der Waals surface area contributed by atoms with Gasteiger partial charge in [-0.3, -0.25) is 4.31 Å². The molecule has 3 aromatic carbocycles. The summed E-state index contributed by atoms with van der Waals surface area (Å²) in [6.45, 7) is 4.04. The third kappa shape index (κ3) is 4.29. The van der Waals surface area contributed by atoms with Gasteiger partial charge in [0.25, 0.3) is 10.0 Å². The van der Waals surface area contributed by atoms with E-state index in [0.717, 1.165) is 16.7 Å². The van der Waals surface area contributed by atoms with Gasteiger partial charge in [0.05, 0.1) is 27.2 Å². The minimum Gasteiger partial charge on any atom is -0.262 e. The van der Waals surface area contributed by atoms with Gasteiger partial charge >= 0.3 is 0 Å². The molecule has 0 heterocycles. The third-order valence-electron chi connectivity index (χ3n) is 4.26. The van der Waals surface area contributed by atoms with Crippen LogP contribution in [0.3, 0.4) is 0 Å². The average molecular weight is 420 g/mol. The highest BCUT2D eigenvalue weighted by atomic mass is 35.5. The van der Waals surface area contributed by atoms with E-state index in [1.165, 1.54) is 4.31 Å². The molecule has 0 unspecified atom stereocenters. The summed E-state index contributed by atoms with van der Waals surface area (Å²) in [7, 11) is -3.75. The molecule has 0 radical (unpaired) electrons. The van der Waals surface area contributed by atoms with Crippen molar-refractivity contribution in [1.82, 2.24) is 0 Å². The molecule has 0 bridgehead atoms. The van der Waals surface area contributed by atoms with E-state index in [9.17, 15) is 8.42 Å². The first-order valence-corrected chi connectivity index (χ1v) is 10.6. The van der Waals surface area contributed by atoms with Crippen molar-refractivity contribution in [3.63, 3.8) is 0 Å². The number of aryl methyl sites for hydroxylation is 2. The topological polar surface area (TPSA) is 37.4 Å². The minimum absolute atomic E-state index is 0.151. The summed E-state index contributed by atoms with van der Waals surface area (Å²) < 4.78 is 28.2. The molecule has 0 fully saturated rings. The number of anilines is 1. The van der Waals surface area contributed by atoms with Crippen LogP contribution in [0.2, 0.25) is 10.0 Å². The second kappa shape index (κ2) is 7.93. The predicted molar refractivity (Wildman–Crippen MR) is 112 cm³/mol. The van der Waals surface area contributed by atoms with Gasteiger partial charge in [-0.1, -0.05) is 65.2 Å². The smallest absolute Gasteiger partial charge is 0.262 e. The molecule has 0 atom stereocenters. The van der Waals surface area contributed by atoms with Crippen LogP contribution < -0.4 is 4.31 Å². The zero-order valence-electron chi connectivity index (χ0n) is 15.0. The lowest BCUT2D eigenvalue weighted by molar-refractivity contribution is 0.590. The van der Waals surface area contributed by atoms with Crippen LogP contribution >= 0.6 is 23.2 Å². The fraction of sp³-hybridized carbons (Fsp3) is 0.143. The average Bonchev–Trinajstić information content (AvgIpc) is 2.64. The predicted octanol–water partition coefficient (Wildman–Crippen LogP) is 6.01. The van der Waals surface area contributed by atoms with E-state index in [1.54, 1.807) is 48.5 Å². The second-order valence-electron chi connectivity index (χ2n) is 6.36. The quantitative estimate of drug-likeness (QED) is 0.507. The number of hydrogen-bond acceptors (Lipinski definition) is 2. The van der Waals surface area contributed by atoms with Gasteiger partial charge in [0.2, 0.25) is 0 Å². The van der Waals surface area contributed by atoms with Gasteiger partial charge in [-0.15, -0.1) is 0 Å². The van der Waals surface area contributed by atoms with E-state index in [4.69, 9.17) is 23.2 Å². The van der Waals surface area contributed by atoms with E-state index >= 15 is 0 Å². The maximum atomic E-state index is 13.4. The first-order valence-electron chi connectivity index (χ1n) is 8.38. The Morgan fingerprint density at radius 1 is 0.852 bits per heavy atom. The Bertz CT molecular complexity index is 1070. The van der Waals surface area contributed by atoms with E-state index in [0.29, 0.717) is 15.7 Å². The van der Waals surface area contributed by atoms with E-state index < -0.39 is 10.0 Å². The van der Waals surface area contributed by atoms with Gasteiger partial charge in [-0.05, 0) is 55.3 Å². The van der Waals surface area contributed by atoms with Crippen molar-refractivity contribution in [2.45, 2.75) is 25.3 Å². The first kappa shape index (κ1) is 19.7. The summed E-state index contributed by atoms with van der Waals surface area (Å²) in [4.78, 5) is 0.241. The van der Waals surface area contributed by atoms with Gasteiger partial charge in [-0.25, -0.2) is 8.42 Å². The van der Waals surface area contributed by atoms with Gasteiger partial charge in [0.1, 0.15) is 0 Å². The number of sulfonamides is 1. The lowest BCUT2D eigenvalue weighted by Crippen LogP contribution is -2.31. The van der Waals surface area contributed by atoms with Crippen molar-refractivity contribution < 1.29 is 8.42 Å². The summed E-state index contributed by atoms with van der Waals surface area (Å²) in [5.74, 6) is 0. The van der Waals surface area contributed by atoms with E-state index in [1.807, 2.05) is 32.0 Å². The van der Waals surface area contributed by atoms with Crippen LogP contribution in [0, 0.1) is 13.8 Å². The molecular weight excluding hydrogens is 401 g/mol. The maximum absolute atomic E-state index is 13.4. The van der Waals surface area contributed by atoms with Crippen LogP contribution in [0.15, 0.2) is 71.6 Å². The number of halogens is 2.